The Kier molecular flexibility index (Phi) is 3.78. The van der Waals surface area contributed by atoms with Gasteiger partial charge in [-0.1, -0.05) is 18.2 Å². The minimum Gasteiger partial charge on any atom is -0.508 e. The summed E-state index contributed by atoms with van der Waals surface area (Å²) in [5.74, 6) is 1.27. The van der Waals surface area contributed by atoms with E-state index in [-0.39, 0.29) is 18.1 Å². The lowest BCUT2D eigenvalue weighted by atomic mass is 10.1. The molecule has 1 amide bonds. The lowest BCUT2D eigenvalue weighted by molar-refractivity contribution is -0.130. The molecule has 1 N–H and O–H groups in total. The van der Waals surface area contributed by atoms with Gasteiger partial charge in [-0.15, -0.1) is 0 Å². The van der Waals surface area contributed by atoms with Crippen molar-refractivity contribution in [2.24, 2.45) is 0 Å². The van der Waals surface area contributed by atoms with Crippen LogP contribution in [0.5, 0.6) is 5.75 Å². The molecule has 0 unspecified atom stereocenters. The van der Waals surface area contributed by atoms with Gasteiger partial charge in [-0.25, -0.2) is 0 Å². The fraction of sp³-hybridized carbons (Fsp3) is 0.417. The fourth-order valence-corrected chi connectivity index (χ4v) is 2.87. The Morgan fingerprint density at radius 3 is 2.59 bits per heavy atom. The maximum absolute atomic E-state index is 11.9. The molecule has 2 rings (SSSR count). The SMILES string of the molecule is O=C(Cc1ccccc1O)N1CCS(=O)CC1. The number of benzene rings is 1. The Morgan fingerprint density at radius 2 is 1.94 bits per heavy atom. The van der Waals surface area contributed by atoms with Crippen LogP contribution in [0.1, 0.15) is 5.56 Å². The first-order chi connectivity index (χ1) is 8.16. The minimum absolute atomic E-state index is 0.0109. The molecule has 0 saturated carbocycles. The largest absolute Gasteiger partial charge is 0.508 e. The Labute approximate surface area is 103 Å². The zero-order valence-corrected chi connectivity index (χ0v) is 10.3. The Morgan fingerprint density at radius 1 is 1.29 bits per heavy atom. The summed E-state index contributed by atoms with van der Waals surface area (Å²) in [6.07, 6.45) is 0.208. The van der Waals surface area contributed by atoms with Gasteiger partial charge in [0.05, 0.1) is 6.42 Å². The minimum atomic E-state index is -0.772. The van der Waals surface area contributed by atoms with Crippen molar-refractivity contribution in [2.45, 2.75) is 6.42 Å². The van der Waals surface area contributed by atoms with Crippen LogP contribution in [0.3, 0.4) is 0 Å². The molecule has 1 aliphatic rings. The van der Waals surface area contributed by atoms with Gasteiger partial charge >= 0.3 is 0 Å². The number of phenolic OH excluding ortho intramolecular Hbond substituents is 1. The number of hydrogen-bond donors (Lipinski definition) is 1. The van der Waals surface area contributed by atoms with Gasteiger partial charge in [0.2, 0.25) is 5.91 Å². The predicted octanol–water partition coefficient (Wildman–Crippen LogP) is 0.526. The highest BCUT2D eigenvalue weighted by Gasteiger charge is 2.20. The summed E-state index contributed by atoms with van der Waals surface area (Å²) < 4.78 is 11.2. The predicted molar refractivity (Wildman–Crippen MR) is 66.3 cm³/mol. The van der Waals surface area contributed by atoms with Crippen molar-refractivity contribution in [1.29, 1.82) is 0 Å². The monoisotopic (exact) mass is 253 g/mol. The lowest BCUT2D eigenvalue weighted by Gasteiger charge is -2.26. The van der Waals surface area contributed by atoms with Crippen LogP contribution in [-0.2, 0) is 22.0 Å². The van der Waals surface area contributed by atoms with E-state index in [0.717, 1.165) is 0 Å². The molecule has 1 heterocycles. The van der Waals surface area contributed by atoms with Crippen LogP contribution < -0.4 is 0 Å². The molecular weight excluding hydrogens is 238 g/mol. The van der Waals surface area contributed by atoms with Gasteiger partial charge in [0, 0.05) is 41.0 Å². The number of rotatable bonds is 2. The normalized spacial score (nSPS) is 17.1. The van der Waals surface area contributed by atoms with E-state index in [2.05, 4.69) is 0 Å². The van der Waals surface area contributed by atoms with Crippen LogP contribution in [0.15, 0.2) is 24.3 Å². The number of hydrogen-bond acceptors (Lipinski definition) is 3. The highest BCUT2D eigenvalue weighted by atomic mass is 32.2. The van der Waals surface area contributed by atoms with Crippen molar-refractivity contribution in [3.63, 3.8) is 0 Å². The smallest absolute Gasteiger partial charge is 0.227 e. The van der Waals surface area contributed by atoms with Gasteiger partial charge in [0.1, 0.15) is 5.75 Å². The second kappa shape index (κ2) is 5.31. The van der Waals surface area contributed by atoms with Crippen molar-refractivity contribution in [1.82, 2.24) is 4.90 Å². The van der Waals surface area contributed by atoms with Crippen LogP contribution in [0.2, 0.25) is 0 Å². The molecular formula is C12H15NO3S. The maximum atomic E-state index is 11.9. The molecule has 0 aliphatic carbocycles. The molecule has 1 fully saturated rings. The molecule has 0 bridgehead atoms. The molecule has 0 atom stereocenters. The van der Waals surface area contributed by atoms with Gasteiger partial charge < -0.3 is 10.0 Å². The molecule has 92 valence electrons. The standard InChI is InChI=1S/C12H15NO3S/c14-11-4-2-1-3-10(11)9-12(15)13-5-7-17(16)8-6-13/h1-4,14H,5-9H2. The van der Waals surface area contributed by atoms with E-state index < -0.39 is 10.8 Å². The second-order valence-corrected chi connectivity index (χ2v) is 5.73. The molecule has 4 nitrogen and oxygen atoms in total. The average molecular weight is 253 g/mol. The number of phenols is 1. The molecule has 17 heavy (non-hydrogen) atoms. The van der Waals surface area contributed by atoms with E-state index >= 15 is 0 Å². The maximum Gasteiger partial charge on any atom is 0.227 e. The summed E-state index contributed by atoms with van der Waals surface area (Å²) in [7, 11) is -0.772. The van der Waals surface area contributed by atoms with E-state index in [1.165, 1.54) is 0 Å². The van der Waals surface area contributed by atoms with E-state index in [4.69, 9.17) is 0 Å². The van der Waals surface area contributed by atoms with Gasteiger partial charge in [0.15, 0.2) is 0 Å². The van der Waals surface area contributed by atoms with Crippen molar-refractivity contribution in [3.8, 4) is 5.75 Å². The Bertz CT molecular complexity index is 437. The zero-order valence-electron chi connectivity index (χ0n) is 9.46. The van der Waals surface area contributed by atoms with Crippen LogP contribution in [-0.4, -0.2) is 44.7 Å². The van der Waals surface area contributed by atoms with Crippen LogP contribution >= 0.6 is 0 Å². The summed E-state index contributed by atoms with van der Waals surface area (Å²) in [5.41, 5.74) is 0.643. The summed E-state index contributed by atoms with van der Waals surface area (Å²) >= 11 is 0. The van der Waals surface area contributed by atoms with Crippen molar-refractivity contribution in [2.75, 3.05) is 24.6 Å². The lowest BCUT2D eigenvalue weighted by Crippen LogP contribution is -2.42. The first-order valence-corrected chi connectivity index (χ1v) is 7.05. The summed E-state index contributed by atoms with van der Waals surface area (Å²) in [4.78, 5) is 13.7. The number of para-hydroxylation sites is 1. The highest BCUT2D eigenvalue weighted by Crippen LogP contribution is 2.17. The van der Waals surface area contributed by atoms with Gasteiger partial charge in [0.25, 0.3) is 0 Å². The van der Waals surface area contributed by atoms with Crippen LogP contribution in [0.4, 0.5) is 0 Å². The van der Waals surface area contributed by atoms with Gasteiger partial charge in [-0.3, -0.25) is 9.00 Å². The molecule has 1 saturated heterocycles. The first-order valence-electron chi connectivity index (χ1n) is 5.56. The number of carbonyl (C=O) groups is 1. The summed E-state index contributed by atoms with van der Waals surface area (Å²) in [6.45, 7) is 1.11. The number of carbonyl (C=O) groups excluding carboxylic acids is 1. The van der Waals surface area contributed by atoms with E-state index in [9.17, 15) is 14.1 Å². The number of aromatic hydroxyl groups is 1. The molecule has 1 aliphatic heterocycles. The van der Waals surface area contributed by atoms with Crippen molar-refractivity contribution < 1.29 is 14.1 Å². The fourth-order valence-electron chi connectivity index (χ4n) is 1.82. The third-order valence-electron chi connectivity index (χ3n) is 2.86. The molecule has 5 heteroatoms. The van der Waals surface area contributed by atoms with E-state index in [0.29, 0.717) is 30.2 Å². The van der Waals surface area contributed by atoms with E-state index in [1.54, 1.807) is 29.2 Å². The highest BCUT2D eigenvalue weighted by molar-refractivity contribution is 7.85. The van der Waals surface area contributed by atoms with Crippen molar-refractivity contribution >= 4 is 16.7 Å². The van der Waals surface area contributed by atoms with Crippen LogP contribution in [0.25, 0.3) is 0 Å². The summed E-state index contributed by atoms with van der Waals surface area (Å²) in [6, 6.07) is 6.85. The first kappa shape index (κ1) is 12.1. The van der Waals surface area contributed by atoms with Crippen LogP contribution in [0, 0.1) is 0 Å². The second-order valence-electron chi connectivity index (χ2n) is 4.03. The number of nitrogens with zero attached hydrogens (tertiary/aromatic N) is 1. The quantitative estimate of drug-likeness (QED) is 0.836. The molecule has 0 radical (unpaired) electrons. The molecule has 0 spiro atoms. The zero-order chi connectivity index (χ0) is 12.3. The molecule has 1 aromatic carbocycles. The third kappa shape index (κ3) is 3.06. The summed E-state index contributed by atoms with van der Waals surface area (Å²) in [5, 5.41) is 9.58. The van der Waals surface area contributed by atoms with Gasteiger partial charge in [-0.05, 0) is 6.07 Å². The average Bonchev–Trinajstić information content (AvgIpc) is 2.33. The molecule has 0 aromatic heterocycles. The van der Waals surface area contributed by atoms with Gasteiger partial charge in [-0.2, -0.15) is 0 Å². The number of amides is 1. The topological polar surface area (TPSA) is 57.6 Å². The Balaban J connectivity index is 1.98. The third-order valence-corrected chi connectivity index (χ3v) is 4.14. The Hall–Kier alpha value is -1.36. The van der Waals surface area contributed by atoms with E-state index in [1.807, 2.05) is 0 Å². The van der Waals surface area contributed by atoms with Crippen molar-refractivity contribution in [3.05, 3.63) is 29.8 Å². The molecule has 1 aromatic rings.